The van der Waals surface area contributed by atoms with E-state index in [9.17, 15) is 17.9 Å². The maximum absolute atomic E-state index is 12.9. The average Bonchev–Trinajstić information content (AvgIpc) is 2.74. The molecule has 21 heavy (non-hydrogen) atoms. The molecular weight excluding hydrogens is 295 g/mol. The molecule has 0 bridgehead atoms. The van der Waals surface area contributed by atoms with Crippen molar-refractivity contribution < 1.29 is 17.9 Å². The molecule has 0 atom stereocenters. The maximum atomic E-state index is 12.9. The van der Waals surface area contributed by atoms with Crippen LogP contribution in [0.15, 0.2) is 48.5 Å². The summed E-state index contributed by atoms with van der Waals surface area (Å²) < 4.78 is 36.5. The van der Waals surface area contributed by atoms with Crippen molar-refractivity contribution in [1.82, 2.24) is 3.97 Å². The third-order valence-electron chi connectivity index (χ3n) is 3.17. The first kappa shape index (κ1) is 13.6. The molecule has 0 spiro atoms. The van der Waals surface area contributed by atoms with Crippen LogP contribution in [-0.4, -0.2) is 17.5 Å². The zero-order chi connectivity index (χ0) is 15.2. The molecule has 0 unspecified atom stereocenters. The van der Waals surface area contributed by atoms with E-state index in [-0.39, 0.29) is 11.3 Å². The van der Waals surface area contributed by atoms with Gasteiger partial charge in [-0.3, -0.25) is 0 Å². The van der Waals surface area contributed by atoms with Crippen molar-refractivity contribution in [3.05, 3.63) is 54.3 Å². The molecule has 0 saturated carbocycles. The Hall–Kier alpha value is -2.38. The van der Waals surface area contributed by atoms with E-state index < -0.39 is 16.1 Å². The van der Waals surface area contributed by atoms with Crippen LogP contribution in [-0.2, 0) is 10.2 Å². The number of hydrogen-bond donors (Lipinski definition) is 2. The summed E-state index contributed by atoms with van der Waals surface area (Å²) in [5.41, 5.74) is 1.83. The molecule has 1 heterocycles. The molecule has 2 aromatic carbocycles. The van der Waals surface area contributed by atoms with Crippen LogP contribution >= 0.6 is 0 Å². The molecule has 3 rings (SSSR count). The number of aromatic hydroxyl groups is 1. The molecule has 0 radical (unpaired) electrons. The van der Waals surface area contributed by atoms with Gasteiger partial charge in [-0.15, -0.1) is 0 Å². The number of aromatic nitrogens is 1. The van der Waals surface area contributed by atoms with Crippen molar-refractivity contribution in [3.8, 4) is 17.0 Å². The number of nitrogens with zero attached hydrogens (tertiary/aromatic N) is 1. The first-order chi connectivity index (χ1) is 9.86. The standard InChI is InChI=1S/C14H11FN2O3S/c15-12-4-1-9(2-5-12)10-3-6-13-11(7-10)8-14(18)17(13)21(16,19)20/h1-8,18H,(H2,16,19,20). The second kappa shape index (κ2) is 4.57. The molecule has 0 aliphatic rings. The van der Waals surface area contributed by atoms with Crippen LogP contribution in [0.4, 0.5) is 4.39 Å². The molecule has 1 aromatic heterocycles. The van der Waals surface area contributed by atoms with Crippen molar-refractivity contribution >= 4 is 21.1 Å². The second-order valence-corrected chi connectivity index (χ2v) is 5.99. The van der Waals surface area contributed by atoms with Crippen molar-refractivity contribution in [1.29, 1.82) is 0 Å². The summed E-state index contributed by atoms with van der Waals surface area (Å²) >= 11 is 0. The second-order valence-electron chi connectivity index (χ2n) is 4.59. The van der Waals surface area contributed by atoms with Crippen molar-refractivity contribution in [2.24, 2.45) is 5.14 Å². The fraction of sp³-hybridized carbons (Fsp3) is 0. The predicted octanol–water partition coefficient (Wildman–Crippen LogP) is 2.20. The number of halogens is 1. The van der Waals surface area contributed by atoms with E-state index in [2.05, 4.69) is 0 Å². The number of hydrogen-bond acceptors (Lipinski definition) is 3. The first-order valence-corrected chi connectivity index (χ1v) is 7.50. The van der Waals surface area contributed by atoms with Crippen LogP contribution in [0, 0.1) is 5.82 Å². The Morgan fingerprint density at radius 2 is 1.62 bits per heavy atom. The summed E-state index contributed by atoms with van der Waals surface area (Å²) in [6, 6.07) is 12.1. The first-order valence-electron chi connectivity index (χ1n) is 6.00. The fourth-order valence-electron chi connectivity index (χ4n) is 2.27. The molecule has 0 saturated heterocycles. The van der Waals surface area contributed by atoms with E-state index in [1.54, 1.807) is 24.3 Å². The van der Waals surface area contributed by atoms with Crippen LogP contribution < -0.4 is 5.14 Å². The summed E-state index contributed by atoms with van der Waals surface area (Å²) in [6.45, 7) is 0. The van der Waals surface area contributed by atoms with Gasteiger partial charge in [0.25, 0.3) is 0 Å². The molecular formula is C14H11FN2O3S. The number of fused-ring (bicyclic) bond motifs is 1. The summed E-state index contributed by atoms with van der Waals surface area (Å²) in [5.74, 6) is -0.790. The molecule has 3 N–H and O–H groups in total. The molecule has 5 nitrogen and oxygen atoms in total. The SMILES string of the molecule is NS(=O)(=O)n1c(O)cc2cc(-c3ccc(F)cc3)ccc21. The lowest BCUT2D eigenvalue weighted by molar-refractivity contribution is 0.447. The van der Waals surface area contributed by atoms with E-state index in [1.807, 2.05) is 0 Å². The predicted molar refractivity (Wildman–Crippen MR) is 77.5 cm³/mol. The van der Waals surface area contributed by atoms with E-state index in [1.165, 1.54) is 24.3 Å². The Balaban J connectivity index is 2.21. The third kappa shape index (κ3) is 2.37. The minimum absolute atomic E-state index is 0.279. The summed E-state index contributed by atoms with van der Waals surface area (Å²) in [7, 11) is -4.08. The lowest BCUT2D eigenvalue weighted by atomic mass is 10.0. The minimum Gasteiger partial charge on any atom is -0.494 e. The van der Waals surface area contributed by atoms with Crippen molar-refractivity contribution in [3.63, 3.8) is 0 Å². The largest absolute Gasteiger partial charge is 0.494 e. The lowest BCUT2D eigenvalue weighted by Gasteiger charge is -2.05. The lowest BCUT2D eigenvalue weighted by Crippen LogP contribution is -2.20. The van der Waals surface area contributed by atoms with Gasteiger partial charge < -0.3 is 5.11 Å². The summed E-state index contributed by atoms with van der Waals surface area (Å²) in [4.78, 5) is 0. The monoisotopic (exact) mass is 306 g/mol. The Kier molecular flexibility index (Phi) is 2.96. The highest BCUT2D eigenvalue weighted by molar-refractivity contribution is 7.87. The van der Waals surface area contributed by atoms with Gasteiger partial charge in [0.1, 0.15) is 5.82 Å². The molecule has 7 heteroatoms. The number of rotatable bonds is 2. The number of nitrogens with two attached hydrogens (primary N) is 1. The molecule has 3 aromatic rings. The van der Waals surface area contributed by atoms with E-state index in [4.69, 9.17) is 5.14 Å². The Morgan fingerprint density at radius 1 is 1.00 bits per heavy atom. The zero-order valence-corrected chi connectivity index (χ0v) is 11.5. The summed E-state index contributed by atoms with van der Waals surface area (Å²) in [5, 5.41) is 15.3. The quantitative estimate of drug-likeness (QED) is 0.761. The van der Waals surface area contributed by atoms with Gasteiger partial charge in [-0.2, -0.15) is 12.4 Å². The van der Waals surface area contributed by atoms with Crippen LogP contribution in [0.3, 0.4) is 0 Å². The van der Waals surface area contributed by atoms with Gasteiger partial charge in [0.2, 0.25) is 5.88 Å². The Morgan fingerprint density at radius 3 is 2.24 bits per heavy atom. The topological polar surface area (TPSA) is 85.3 Å². The summed E-state index contributed by atoms with van der Waals surface area (Å²) in [6.07, 6.45) is 0. The fourth-order valence-corrected chi connectivity index (χ4v) is 3.02. The minimum atomic E-state index is -4.08. The molecule has 108 valence electrons. The Bertz CT molecular complexity index is 931. The number of benzene rings is 2. The van der Waals surface area contributed by atoms with Gasteiger partial charge in [-0.05, 0) is 35.4 Å². The highest BCUT2D eigenvalue weighted by Gasteiger charge is 2.16. The molecule has 0 aliphatic heterocycles. The molecule has 0 aliphatic carbocycles. The van der Waals surface area contributed by atoms with E-state index in [0.717, 1.165) is 11.1 Å². The van der Waals surface area contributed by atoms with Gasteiger partial charge >= 0.3 is 10.2 Å². The highest BCUT2D eigenvalue weighted by Crippen LogP contribution is 2.30. The molecule has 0 fully saturated rings. The maximum Gasteiger partial charge on any atom is 0.305 e. The Labute approximate surface area is 120 Å². The van der Waals surface area contributed by atoms with Crippen LogP contribution in [0.1, 0.15) is 0 Å². The average molecular weight is 306 g/mol. The molecule has 0 amide bonds. The van der Waals surface area contributed by atoms with Crippen molar-refractivity contribution in [2.45, 2.75) is 0 Å². The van der Waals surface area contributed by atoms with Gasteiger partial charge in [0, 0.05) is 11.5 Å². The van der Waals surface area contributed by atoms with E-state index in [0.29, 0.717) is 9.36 Å². The zero-order valence-electron chi connectivity index (χ0n) is 10.7. The van der Waals surface area contributed by atoms with Crippen LogP contribution in [0.25, 0.3) is 22.0 Å². The van der Waals surface area contributed by atoms with Gasteiger partial charge in [0.15, 0.2) is 0 Å². The van der Waals surface area contributed by atoms with Gasteiger partial charge in [0.05, 0.1) is 5.52 Å². The van der Waals surface area contributed by atoms with Crippen LogP contribution in [0.2, 0.25) is 0 Å². The smallest absolute Gasteiger partial charge is 0.305 e. The van der Waals surface area contributed by atoms with Crippen LogP contribution in [0.5, 0.6) is 5.88 Å². The van der Waals surface area contributed by atoms with E-state index >= 15 is 0 Å². The third-order valence-corrected chi connectivity index (χ3v) is 4.06. The highest BCUT2D eigenvalue weighted by atomic mass is 32.2. The van der Waals surface area contributed by atoms with Gasteiger partial charge in [-0.25, -0.2) is 9.53 Å². The normalized spacial score (nSPS) is 11.9. The van der Waals surface area contributed by atoms with Crippen molar-refractivity contribution in [2.75, 3.05) is 0 Å². The van der Waals surface area contributed by atoms with Gasteiger partial charge in [-0.1, -0.05) is 18.2 Å².